The largest absolute Gasteiger partial charge is 0.512 e. The predicted octanol–water partition coefficient (Wildman–Crippen LogP) is 2.34. The molecule has 0 unspecified atom stereocenters. The molecule has 0 heterocycles. The molecular weight excluding hydrogens is 168 g/mol. The van der Waals surface area contributed by atoms with Gasteiger partial charge in [0.05, 0.1) is 5.76 Å². The van der Waals surface area contributed by atoms with Crippen LogP contribution in [-0.2, 0) is 4.79 Å². The molecule has 3 heteroatoms. The second kappa shape index (κ2) is 3.05. The summed E-state index contributed by atoms with van der Waals surface area (Å²) in [4.78, 5) is 10.6. The van der Waals surface area contributed by atoms with E-state index in [1.807, 2.05) is 20.8 Å². The van der Waals surface area contributed by atoms with Crippen molar-refractivity contribution >= 4 is 5.97 Å². The second-order valence-electron chi connectivity index (χ2n) is 4.29. The highest BCUT2D eigenvalue weighted by atomic mass is 16.4. The molecule has 0 fully saturated rings. The van der Waals surface area contributed by atoms with Gasteiger partial charge in [-0.25, -0.2) is 0 Å². The Balaban J connectivity index is 2.80. The highest BCUT2D eigenvalue weighted by Crippen LogP contribution is 2.47. The number of rotatable bonds is 2. The maximum absolute atomic E-state index is 10.6. The summed E-state index contributed by atoms with van der Waals surface area (Å²) in [5.41, 5.74) is 0.751. The fourth-order valence-electron chi connectivity index (χ4n) is 1.86. The van der Waals surface area contributed by atoms with Crippen molar-refractivity contribution in [3.05, 3.63) is 11.3 Å². The van der Waals surface area contributed by atoms with Gasteiger partial charge in [0.1, 0.15) is 0 Å². The van der Waals surface area contributed by atoms with Gasteiger partial charge < -0.3 is 10.2 Å². The summed E-state index contributed by atoms with van der Waals surface area (Å²) >= 11 is 0. The van der Waals surface area contributed by atoms with E-state index < -0.39 is 5.97 Å². The molecule has 74 valence electrons. The summed E-state index contributed by atoms with van der Waals surface area (Å²) in [6.45, 7) is 5.84. The van der Waals surface area contributed by atoms with E-state index in [4.69, 9.17) is 5.11 Å². The molecule has 0 bridgehead atoms. The molecule has 1 aliphatic carbocycles. The molecule has 0 saturated heterocycles. The van der Waals surface area contributed by atoms with Crippen LogP contribution >= 0.6 is 0 Å². The van der Waals surface area contributed by atoms with Crippen molar-refractivity contribution in [2.24, 2.45) is 11.3 Å². The molecule has 0 amide bonds. The van der Waals surface area contributed by atoms with Crippen LogP contribution in [0.15, 0.2) is 11.3 Å². The molecule has 0 aliphatic heterocycles. The highest BCUT2D eigenvalue weighted by molar-refractivity contribution is 5.67. The number of hydrogen-bond acceptors (Lipinski definition) is 2. The molecule has 1 aliphatic rings. The third-order valence-corrected chi connectivity index (χ3v) is 3.28. The van der Waals surface area contributed by atoms with Crippen LogP contribution in [0, 0.1) is 11.3 Å². The van der Waals surface area contributed by atoms with Crippen molar-refractivity contribution in [1.29, 1.82) is 0 Å². The molecule has 0 saturated carbocycles. The number of carboxylic acids is 1. The Kier molecular flexibility index (Phi) is 2.37. The standard InChI is InChI=1S/C10H16O3/c1-6-8(11)4-7(5-9(12)13)10(6,2)3/h7,11H,4-5H2,1-3H3,(H,12,13)/t7-/m0/s1. The van der Waals surface area contributed by atoms with Crippen molar-refractivity contribution in [2.75, 3.05) is 0 Å². The minimum Gasteiger partial charge on any atom is -0.512 e. The molecule has 2 N–H and O–H groups in total. The Morgan fingerprint density at radius 1 is 1.62 bits per heavy atom. The average molecular weight is 184 g/mol. The van der Waals surface area contributed by atoms with Crippen molar-refractivity contribution in [3.8, 4) is 0 Å². The monoisotopic (exact) mass is 184 g/mol. The van der Waals surface area contributed by atoms with Gasteiger partial charge in [0.2, 0.25) is 0 Å². The normalized spacial score (nSPS) is 26.5. The van der Waals surface area contributed by atoms with Crippen LogP contribution in [0.3, 0.4) is 0 Å². The molecule has 0 aromatic rings. The lowest BCUT2D eigenvalue weighted by atomic mass is 9.76. The molecule has 1 rings (SSSR count). The van der Waals surface area contributed by atoms with Crippen LogP contribution in [0.5, 0.6) is 0 Å². The van der Waals surface area contributed by atoms with E-state index in [2.05, 4.69) is 0 Å². The van der Waals surface area contributed by atoms with Crippen LogP contribution in [0.2, 0.25) is 0 Å². The van der Waals surface area contributed by atoms with E-state index in [1.165, 1.54) is 0 Å². The molecular formula is C10H16O3. The molecule has 13 heavy (non-hydrogen) atoms. The first kappa shape index (κ1) is 10.1. The molecule has 0 spiro atoms. The smallest absolute Gasteiger partial charge is 0.303 e. The summed E-state index contributed by atoms with van der Waals surface area (Å²) < 4.78 is 0. The van der Waals surface area contributed by atoms with Gasteiger partial charge in [0.25, 0.3) is 0 Å². The number of aliphatic hydroxyl groups is 1. The van der Waals surface area contributed by atoms with E-state index in [1.54, 1.807) is 0 Å². The Hall–Kier alpha value is -0.990. The van der Waals surface area contributed by atoms with Crippen LogP contribution in [0.4, 0.5) is 0 Å². The van der Waals surface area contributed by atoms with Crippen LogP contribution in [0.1, 0.15) is 33.6 Å². The summed E-state index contributed by atoms with van der Waals surface area (Å²) in [5, 5.41) is 18.2. The zero-order valence-corrected chi connectivity index (χ0v) is 8.29. The first-order valence-electron chi connectivity index (χ1n) is 4.46. The van der Waals surface area contributed by atoms with Crippen LogP contribution in [0.25, 0.3) is 0 Å². The minimum absolute atomic E-state index is 0.0324. The van der Waals surface area contributed by atoms with Crippen molar-refractivity contribution < 1.29 is 15.0 Å². The first-order chi connectivity index (χ1) is 5.85. The zero-order chi connectivity index (χ0) is 10.2. The molecule has 0 aromatic heterocycles. The number of aliphatic carboxylic acids is 1. The summed E-state index contributed by atoms with van der Waals surface area (Å²) in [6, 6.07) is 0. The van der Waals surface area contributed by atoms with Gasteiger partial charge in [0.15, 0.2) is 0 Å². The van der Waals surface area contributed by atoms with Gasteiger partial charge in [-0.05, 0) is 23.8 Å². The fraction of sp³-hybridized carbons (Fsp3) is 0.700. The molecule has 3 nitrogen and oxygen atoms in total. The van der Waals surface area contributed by atoms with E-state index in [9.17, 15) is 9.90 Å². The van der Waals surface area contributed by atoms with E-state index in [0.717, 1.165) is 5.57 Å². The number of carbonyl (C=O) groups is 1. The second-order valence-corrected chi connectivity index (χ2v) is 4.29. The lowest BCUT2D eigenvalue weighted by Gasteiger charge is -2.27. The summed E-state index contributed by atoms with van der Waals surface area (Å²) in [7, 11) is 0. The van der Waals surface area contributed by atoms with E-state index >= 15 is 0 Å². The van der Waals surface area contributed by atoms with Crippen molar-refractivity contribution in [1.82, 2.24) is 0 Å². The molecule has 0 aromatic carbocycles. The Bertz CT molecular complexity index is 263. The quantitative estimate of drug-likeness (QED) is 0.692. The van der Waals surface area contributed by atoms with Crippen molar-refractivity contribution in [2.45, 2.75) is 33.6 Å². The maximum Gasteiger partial charge on any atom is 0.303 e. The molecule has 1 atom stereocenters. The third-order valence-electron chi connectivity index (χ3n) is 3.28. The third kappa shape index (κ3) is 1.69. The van der Waals surface area contributed by atoms with Crippen LogP contribution < -0.4 is 0 Å². The topological polar surface area (TPSA) is 57.5 Å². The summed E-state index contributed by atoms with van der Waals surface area (Å²) in [5.74, 6) is -0.387. The van der Waals surface area contributed by atoms with Gasteiger partial charge in [0, 0.05) is 12.8 Å². The van der Waals surface area contributed by atoms with Crippen LogP contribution in [-0.4, -0.2) is 16.2 Å². The number of aliphatic hydroxyl groups excluding tert-OH is 1. The van der Waals surface area contributed by atoms with Gasteiger partial charge in [-0.15, -0.1) is 0 Å². The van der Waals surface area contributed by atoms with Gasteiger partial charge in [-0.2, -0.15) is 0 Å². The maximum atomic E-state index is 10.6. The fourth-order valence-corrected chi connectivity index (χ4v) is 1.86. The zero-order valence-electron chi connectivity index (χ0n) is 8.29. The number of hydrogen-bond donors (Lipinski definition) is 2. The highest BCUT2D eigenvalue weighted by Gasteiger charge is 2.40. The lowest BCUT2D eigenvalue weighted by molar-refractivity contribution is -0.138. The Morgan fingerprint density at radius 2 is 2.15 bits per heavy atom. The average Bonchev–Trinajstić information content (AvgIpc) is 2.15. The van der Waals surface area contributed by atoms with E-state index in [-0.39, 0.29) is 17.8 Å². The first-order valence-corrected chi connectivity index (χ1v) is 4.46. The van der Waals surface area contributed by atoms with Gasteiger partial charge >= 0.3 is 5.97 Å². The number of carboxylic acid groups (broad SMARTS) is 1. The molecule has 0 radical (unpaired) electrons. The minimum atomic E-state index is -0.791. The Labute approximate surface area is 78.1 Å². The number of allylic oxidation sites excluding steroid dienone is 2. The summed E-state index contributed by atoms with van der Waals surface area (Å²) in [6.07, 6.45) is 0.638. The Morgan fingerprint density at radius 3 is 2.46 bits per heavy atom. The van der Waals surface area contributed by atoms with E-state index in [0.29, 0.717) is 12.2 Å². The van der Waals surface area contributed by atoms with Gasteiger partial charge in [-0.3, -0.25) is 4.79 Å². The van der Waals surface area contributed by atoms with Gasteiger partial charge in [-0.1, -0.05) is 13.8 Å². The van der Waals surface area contributed by atoms with Crippen molar-refractivity contribution in [3.63, 3.8) is 0 Å². The predicted molar refractivity (Wildman–Crippen MR) is 49.5 cm³/mol. The lowest BCUT2D eigenvalue weighted by Crippen LogP contribution is -2.22. The SMILES string of the molecule is CC1=C(O)C[C@@H](CC(=O)O)C1(C)C.